The van der Waals surface area contributed by atoms with Crippen LogP contribution >= 0.6 is 0 Å². The second-order valence-corrected chi connectivity index (χ2v) is 8.25. The minimum Gasteiger partial charge on any atom is -0.464 e. The summed E-state index contributed by atoms with van der Waals surface area (Å²) in [6.07, 6.45) is -2.22. The van der Waals surface area contributed by atoms with E-state index in [1.807, 2.05) is 0 Å². The van der Waals surface area contributed by atoms with Crippen LogP contribution in [0, 0.1) is 5.82 Å². The fourth-order valence-electron chi connectivity index (χ4n) is 1.92. The summed E-state index contributed by atoms with van der Waals surface area (Å²) in [4.78, 5) is 11.8. The second-order valence-electron chi connectivity index (χ2n) is 6.28. The molecule has 0 amide bonds. The van der Waals surface area contributed by atoms with E-state index < -0.39 is 39.2 Å². The van der Waals surface area contributed by atoms with Crippen molar-refractivity contribution in [2.24, 2.45) is 0 Å². The van der Waals surface area contributed by atoms with E-state index in [9.17, 15) is 17.8 Å². The van der Waals surface area contributed by atoms with Crippen molar-refractivity contribution in [2.45, 2.75) is 51.1 Å². The zero-order valence-electron chi connectivity index (χ0n) is 14.0. The van der Waals surface area contributed by atoms with Crippen molar-refractivity contribution >= 4 is 17.0 Å². The van der Waals surface area contributed by atoms with E-state index in [0.717, 1.165) is 6.07 Å². The highest BCUT2D eigenvalue weighted by Crippen LogP contribution is 2.31. The molecule has 1 N–H and O–H groups in total. The number of rotatable bonds is 6. The summed E-state index contributed by atoms with van der Waals surface area (Å²) in [5, 5.41) is 0. The zero-order chi connectivity index (χ0) is 17.8. The average Bonchev–Trinajstić information content (AvgIpc) is 2.45. The van der Waals surface area contributed by atoms with Gasteiger partial charge in [0.15, 0.2) is 0 Å². The van der Waals surface area contributed by atoms with Gasteiger partial charge in [-0.05, 0) is 40.7 Å². The summed E-state index contributed by atoms with van der Waals surface area (Å²) in [6.45, 7) is 7.91. The number of ether oxygens (including phenoxy) is 1. The maximum atomic E-state index is 14.8. The van der Waals surface area contributed by atoms with Gasteiger partial charge in [0, 0.05) is 5.56 Å². The van der Waals surface area contributed by atoms with Gasteiger partial charge >= 0.3 is 5.97 Å². The molecule has 0 aliphatic carbocycles. The molecule has 23 heavy (non-hydrogen) atoms. The number of esters is 1. The van der Waals surface area contributed by atoms with Gasteiger partial charge in [0.05, 0.1) is 27.9 Å². The first kappa shape index (κ1) is 19.7. The number of halogens is 2. The van der Waals surface area contributed by atoms with Crippen molar-refractivity contribution in [2.75, 3.05) is 6.61 Å². The van der Waals surface area contributed by atoms with Crippen molar-refractivity contribution < 1.29 is 22.5 Å². The molecule has 0 spiro atoms. The molecule has 0 aromatic heterocycles. The number of benzene rings is 1. The predicted molar refractivity (Wildman–Crippen MR) is 86.3 cm³/mol. The van der Waals surface area contributed by atoms with Crippen molar-refractivity contribution in [1.29, 1.82) is 0 Å². The Morgan fingerprint density at radius 2 is 1.87 bits per heavy atom. The lowest BCUT2D eigenvalue weighted by Crippen LogP contribution is -2.54. The zero-order valence-corrected chi connectivity index (χ0v) is 14.8. The standard InChI is InChI=1S/C16H23F2NO3S/c1-6-22-14(20)13(18)16(5,19-23(21)15(2,3)4)11-9-7-8-10-12(11)17/h7-10,13,19H,6H2,1-5H3/t13-,16+,23-/m0/s1. The van der Waals surface area contributed by atoms with Crippen LogP contribution in [0.1, 0.15) is 40.2 Å². The van der Waals surface area contributed by atoms with Crippen LogP contribution in [-0.2, 0) is 26.1 Å². The molecule has 1 aromatic rings. The molecule has 0 heterocycles. The fourth-order valence-corrected chi connectivity index (χ4v) is 2.83. The number of carbonyl (C=O) groups excluding carboxylic acids is 1. The Labute approximate surface area is 138 Å². The van der Waals surface area contributed by atoms with Crippen LogP contribution in [0.25, 0.3) is 0 Å². The first-order valence-corrected chi connectivity index (χ1v) is 8.44. The topological polar surface area (TPSA) is 55.4 Å². The predicted octanol–water partition coefficient (Wildman–Crippen LogP) is 2.99. The molecule has 7 heteroatoms. The summed E-state index contributed by atoms with van der Waals surface area (Å²) in [7, 11) is -1.72. The summed E-state index contributed by atoms with van der Waals surface area (Å²) in [6, 6.07) is 5.49. The lowest BCUT2D eigenvalue weighted by molar-refractivity contribution is -0.152. The molecule has 0 radical (unpaired) electrons. The Morgan fingerprint density at radius 1 is 1.30 bits per heavy atom. The molecule has 0 saturated heterocycles. The molecule has 1 rings (SSSR count). The molecule has 0 aliphatic rings. The van der Waals surface area contributed by atoms with Crippen LogP contribution in [0.3, 0.4) is 0 Å². The van der Waals surface area contributed by atoms with Crippen molar-refractivity contribution in [3.05, 3.63) is 35.6 Å². The summed E-state index contributed by atoms with van der Waals surface area (Å²) in [5.74, 6) is -1.82. The molecule has 3 atom stereocenters. The van der Waals surface area contributed by atoms with Gasteiger partial charge in [-0.15, -0.1) is 0 Å². The van der Waals surface area contributed by atoms with Gasteiger partial charge in [-0.25, -0.2) is 22.5 Å². The van der Waals surface area contributed by atoms with Gasteiger partial charge in [-0.3, -0.25) is 0 Å². The minimum absolute atomic E-state index is 0.00499. The lowest BCUT2D eigenvalue weighted by atomic mass is 9.88. The number of hydrogen-bond donors (Lipinski definition) is 1. The van der Waals surface area contributed by atoms with Crippen molar-refractivity contribution in [3.8, 4) is 0 Å². The molecule has 0 fully saturated rings. The summed E-state index contributed by atoms with van der Waals surface area (Å²) < 4.78 is 48.0. The Kier molecular flexibility index (Phi) is 6.41. The van der Waals surface area contributed by atoms with Gasteiger partial charge < -0.3 is 4.74 Å². The highest BCUT2D eigenvalue weighted by atomic mass is 32.2. The van der Waals surface area contributed by atoms with E-state index in [2.05, 4.69) is 4.72 Å². The first-order valence-electron chi connectivity index (χ1n) is 7.29. The van der Waals surface area contributed by atoms with Crippen molar-refractivity contribution in [3.63, 3.8) is 0 Å². The van der Waals surface area contributed by atoms with E-state index in [0.29, 0.717) is 0 Å². The van der Waals surface area contributed by atoms with Crippen LogP contribution in [-0.4, -0.2) is 27.7 Å². The van der Waals surface area contributed by atoms with Gasteiger partial charge in [0.1, 0.15) is 5.82 Å². The third-order valence-electron chi connectivity index (χ3n) is 3.29. The number of carbonyl (C=O) groups is 1. The van der Waals surface area contributed by atoms with Crippen LogP contribution in [0.15, 0.2) is 24.3 Å². The van der Waals surface area contributed by atoms with Crippen LogP contribution in [0.5, 0.6) is 0 Å². The van der Waals surface area contributed by atoms with Gasteiger partial charge in [0.2, 0.25) is 6.17 Å². The number of nitrogens with one attached hydrogen (secondary N) is 1. The summed E-state index contributed by atoms with van der Waals surface area (Å²) in [5.41, 5.74) is -1.91. The van der Waals surface area contributed by atoms with E-state index in [4.69, 9.17) is 4.74 Å². The van der Waals surface area contributed by atoms with Gasteiger partial charge in [-0.2, -0.15) is 0 Å². The highest BCUT2D eigenvalue weighted by molar-refractivity contribution is 7.84. The lowest BCUT2D eigenvalue weighted by Gasteiger charge is -2.35. The SMILES string of the molecule is CCOC(=O)[C@H](F)[C@](C)(N[S@@](=O)C(C)(C)C)c1ccccc1F. The first-order chi connectivity index (χ1) is 10.5. The molecule has 1 aromatic carbocycles. The Morgan fingerprint density at radius 3 is 2.35 bits per heavy atom. The fraction of sp³-hybridized carbons (Fsp3) is 0.562. The Bertz CT molecular complexity index is 589. The number of alkyl halides is 1. The minimum atomic E-state index is -2.22. The molecule has 0 aliphatic heterocycles. The molecule has 130 valence electrons. The summed E-state index contributed by atoms with van der Waals surface area (Å²) >= 11 is 0. The second kappa shape index (κ2) is 7.49. The molecule has 0 bridgehead atoms. The van der Waals surface area contributed by atoms with E-state index in [1.54, 1.807) is 27.7 Å². The largest absolute Gasteiger partial charge is 0.464 e. The molecule has 4 nitrogen and oxygen atoms in total. The average molecular weight is 347 g/mol. The van der Waals surface area contributed by atoms with E-state index in [-0.39, 0.29) is 12.2 Å². The maximum absolute atomic E-state index is 14.8. The van der Waals surface area contributed by atoms with Crippen LogP contribution in [0.4, 0.5) is 8.78 Å². The smallest absolute Gasteiger partial charge is 0.343 e. The highest BCUT2D eigenvalue weighted by Gasteiger charge is 2.46. The molecular weight excluding hydrogens is 324 g/mol. The van der Waals surface area contributed by atoms with Crippen molar-refractivity contribution in [1.82, 2.24) is 4.72 Å². The quantitative estimate of drug-likeness (QED) is 0.805. The Balaban J connectivity index is 3.33. The van der Waals surface area contributed by atoms with Gasteiger partial charge in [0.25, 0.3) is 0 Å². The van der Waals surface area contributed by atoms with Gasteiger partial charge in [-0.1, -0.05) is 18.2 Å². The normalized spacial score (nSPS) is 17.2. The van der Waals surface area contributed by atoms with E-state index in [1.165, 1.54) is 25.1 Å². The number of hydrogen-bond acceptors (Lipinski definition) is 3. The monoisotopic (exact) mass is 347 g/mol. The Hall–Kier alpha value is -1.34. The molecule has 0 unspecified atom stereocenters. The third kappa shape index (κ3) is 4.57. The third-order valence-corrected chi connectivity index (χ3v) is 5.02. The van der Waals surface area contributed by atoms with Crippen LogP contribution in [0.2, 0.25) is 0 Å². The molecular formula is C16H23F2NO3S. The maximum Gasteiger partial charge on any atom is 0.343 e. The molecule has 0 saturated carbocycles. The van der Waals surface area contributed by atoms with Crippen LogP contribution < -0.4 is 4.72 Å². The van der Waals surface area contributed by atoms with E-state index >= 15 is 0 Å².